The number of fused-ring (bicyclic) bond motifs is 1. The molecule has 3 heteroatoms. The summed E-state index contributed by atoms with van der Waals surface area (Å²) in [6.45, 7) is 3.57. The van der Waals surface area contributed by atoms with Crippen molar-refractivity contribution in [3.63, 3.8) is 0 Å². The summed E-state index contributed by atoms with van der Waals surface area (Å²) >= 11 is 0. The van der Waals surface area contributed by atoms with Gasteiger partial charge in [0.25, 0.3) is 0 Å². The van der Waals surface area contributed by atoms with Gasteiger partial charge in [-0.1, -0.05) is 6.92 Å². The number of rotatable bonds is 0. The number of carbonyl (C=O) groups excluding carboxylic acids is 1. The maximum absolute atomic E-state index is 11.9. The molecular weight excluding hydrogens is 192 g/mol. The van der Waals surface area contributed by atoms with E-state index in [1.165, 1.54) is 0 Å². The largest absolute Gasteiger partial charge is 0.348 e. The number of hydrogen-bond acceptors (Lipinski definition) is 3. The quantitative estimate of drug-likeness (QED) is 0.612. The number of carbonyl (C=O) groups is 1. The predicted molar refractivity (Wildman–Crippen MR) is 54.3 cm³/mol. The van der Waals surface area contributed by atoms with E-state index in [1.807, 2.05) is 0 Å². The summed E-state index contributed by atoms with van der Waals surface area (Å²) in [6, 6.07) is 0. The molecule has 1 saturated heterocycles. The number of Topliss-reactive ketones (excluding diaryl/α,β-unsaturated/α-hetero) is 1. The first-order valence-electron chi connectivity index (χ1n) is 5.96. The van der Waals surface area contributed by atoms with Gasteiger partial charge in [0.05, 0.1) is 13.2 Å². The molecule has 0 aromatic heterocycles. The van der Waals surface area contributed by atoms with E-state index in [4.69, 9.17) is 9.47 Å². The van der Waals surface area contributed by atoms with Crippen molar-refractivity contribution in [1.29, 1.82) is 0 Å². The van der Waals surface area contributed by atoms with Crippen LogP contribution in [0.1, 0.15) is 39.0 Å². The Labute approximate surface area is 90.1 Å². The average molecular weight is 210 g/mol. The van der Waals surface area contributed by atoms with Gasteiger partial charge < -0.3 is 9.47 Å². The second-order valence-electron chi connectivity index (χ2n) is 5.39. The molecule has 3 nitrogen and oxygen atoms in total. The molecule has 0 radical (unpaired) electrons. The van der Waals surface area contributed by atoms with Crippen molar-refractivity contribution in [3.8, 4) is 0 Å². The van der Waals surface area contributed by atoms with Crippen LogP contribution in [0.15, 0.2) is 0 Å². The van der Waals surface area contributed by atoms with E-state index < -0.39 is 0 Å². The van der Waals surface area contributed by atoms with Crippen LogP contribution in [0.4, 0.5) is 0 Å². The van der Waals surface area contributed by atoms with E-state index in [0.29, 0.717) is 11.7 Å². The number of ketones is 1. The summed E-state index contributed by atoms with van der Waals surface area (Å²) in [6.07, 6.45) is 4.55. The molecule has 3 aliphatic rings. The summed E-state index contributed by atoms with van der Waals surface area (Å²) in [7, 11) is 0. The van der Waals surface area contributed by atoms with Crippen molar-refractivity contribution in [3.05, 3.63) is 0 Å². The smallest absolute Gasteiger partial charge is 0.168 e. The van der Waals surface area contributed by atoms with Gasteiger partial charge in [-0.05, 0) is 18.8 Å². The van der Waals surface area contributed by atoms with Gasteiger partial charge in [0.1, 0.15) is 5.78 Å². The Morgan fingerprint density at radius 2 is 2.00 bits per heavy atom. The van der Waals surface area contributed by atoms with Crippen molar-refractivity contribution in [2.45, 2.75) is 44.8 Å². The third-order valence-corrected chi connectivity index (χ3v) is 4.65. The third-order valence-electron chi connectivity index (χ3n) is 4.65. The van der Waals surface area contributed by atoms with Gasteiger partial charge in [-0.2, -0.15) is 0 Å². The minimum absolute atomic E-state index is 0.0689. The lowest BCUT2D eigenvalue weighted by molar-refractivity contribution is -0.201. The van der Waals surface area contributed by atoms with Gasteiger partial charge in [0, 0.05) is 24.7 Å². The second kappa shape index (κ2) is 3.05. The average Bonchev–Trinajstić information content (AvgIpc) is 2.78. The molecule has 0 aromatic carbocycles. The fraction of sp³-hybridized carbons (Fsp3) is 0.917. The van der Waals surface area contributed by atoms with Crippen LogP contribution in [0.25, 0.3) is 0 Å². The van der Waals surface area contributed by atoms with Crippen LogP contribution >= 0.6 is 0 Å². The molecule has 2 saturated carbocycles. The Hall–Kier alpha value is -0.410. The van der Waals surface area contributed by atoms with E-state index in [9.17, 15) is 4.79 Å². The normalized spacial score (nSPS) is 43.5. The molecule has 0 unspecified atom stereocenters. The SMILES string of the molecule is C[C@@]12CCC3(C[C@H]1CCC2=O)OCCO3. The van der Waals surface area contributed by atoms with E-state index in [2.05, 4.69) is 6.92 Å². The summed E-state index contributed by atoms with van der Waals surface area (Å²) < 4.78 is 11.5. The number of hydrogen-bond donors (Lipinski definition) is 0. The van der Waals surface area contributed by atoms with Crippen molar-refractivity contribution >= 4 is 5.78 Å². The second-order valence-corrected chi connectivity index (χ2v) is 5.39. The number of ether oxygens (including phenoxy) is 2. The minimum Gasteiger partial charge on any atom is -0.348 e. The molecule has 84 valence electrons. The molecule has 3 fully saturated rings. The highest BCUT2D eigenvalue weighted by atomic mass is 16.7. The van der Waals surface area contributed by atoms with Gasteiger partial charge in [0.2, 0.25) is 0 Å². The molecule has 2 aliphatic carbocycles. The maximum Gasteiger partial charge on any atom is 0.168 e. The monoisotopic (exact) mass is 210 g/mol. The summed E-state index contributed by atoms with van der Waals surface area (Å²) in [5.41, 5.74) is -0.0689. The lowest BCUT2D eigenvalue weighted by Crippen LogP contribution is -2.44. The van der Waals surface area contributed by atoms with Crippen LogP contribution < -0.4 is 0 Å². The Kier molecular flexibility index (Phi) is 1.99. The van der Waals surface area contributed by atoms with Crippen molar-refractivity contribution in [1.82, 2.24) is 0 Å². The Morgan fingerprint density at radius 3 is 2.73 bits per heavy atom. The molecule has 2 atom stereocenters. The standard InChI is InChI=1S/C12H18O3/c1-11-4-5-12(14-6-7-15-12)8-9(11)2-3-10(11)13/h9H,2-8H2,1H3/t9-,11-/m1/s1. The molecule has 15 heavy (non-hydrogen) atoms. The van der Waals surface area contributed by atoms with Crippen molar-refractivity contribution in [2.24, 2.45) is 11.3 Å². The van der Waals surface area contributed by atoms with E-state index >= 15 is 0 Å². The molecule has 0 aromatic rings. The Morgan fingerprint density at radius 1 is 1.27 bits per heavy atom. The summed E-state index contributed by atoms with van der Waals surface area (Å²) in [5.74, 6) is 0.617. The molecular formula is C12H18O3. The van der Waals surface area contributed by atoms with Gasteiger partial charge >= 0.3 is 0 Å². The highest BCUT2D eigenvalue weighted by Crippen LogP contribution is 2.54. The Bertz CT molecular complexity index is 293. The lowest BCUT2D eigenvalue weighted by atomic mass is 9.67. The molecule has 0 N–H and O–H groups in total. The van der Waals surface area contributed by atoms with Gasteiger partial charge in [-0.3, -0.25) is 4.79 Å². The first kappa shape index (κ1) is 9.79. The first-order chi connectivity index (χ1) is 7.15. The van der Waals surface area contributed by atoms with Crippen LogP contribution in [-0.2, 0) is 14.3 Å². The fourth-order valence-electron chi connectivity index (χ4n) is 3.49. The molecule has 1 spiro atoms. The van der Waals surface area contributed by atoms with Crippen molar-refractivity contribution < 1.29 is 14.3 Å². The van der Waals surface area contributed by atoms with Gasteiger partial charge in [-0.25, -0.2) is 0 Å². The third kappa shape index (κ3) is 1.29. The van der Waals surface area contributed by atoms with Crippen LogP contribution in [0.3, 0.4) is 0 Å². The fourth-order valence-corrected chi connectivity index (χ4v) is 3.49. The van der Waals surface area contributed by atoms with E-state index in [-0.39, 0.29) is 11.2 Å². The predicted octanol–water partition coefficient (Wildman–Crippen LogP) is 1.90. The zero-order valence-corrected chi connectivity index (χ0v) is 9.25. The summed E-state index contributed by atoms with van der Waals surface area (Å²) in [5, 5.41) is 0. The van der Waals surface area contributed by atoms with Gasteiger partial charge in [-0.15, -0.1) is 0 Å². The van der Waals surface area contributed by atoms with Crippen LogP contribution in [-0.4, -0.2) is 24.8 Å². The zero-order valence-electron chi connectivity index (χ0n) is 9.25. The highest BCUT2D eigenvalue weighted by Gasteiger charge is 2.55. The maximum atomic E-state index is 11.9. The van der Waals surface area contributed by atoms with Gasteiger partial charge in [0.15, 0.2) is 5.79 Å². The molecule has 1 heterocycles. The topological polar surface area (TPSA) is 35.5 Å². The van der Waals surface area contributed by atoms with Crippen LogP contribution in [0.5, 0.6) is 0 Å². The first-order valence-corrected chi connectivity index (χ1v) is 5.96. The van der Waals surface area contributed by atoms with E-state index in [1.54, 1.807) is 0 Å². The molecule has 0 amide bonds. The summed E-state index contributed by atoms with van der Waals surface area (Å²) in [4.78, 5) is 11.9. The zero-order chi connectivity index (χ0) is 10.5. The van der Waals surface area contributed by atoms with E-state index in [0.717, 1.165) is 45.3 Å². The lowest BCUT2D eigenvalue weighted by Gasteiger charge is -2.43. The molecule has 3 rings (SSSR count). The highest BCUT2D eigenvalue weighted by molar-refractivity contribution is 5.87. The molecule has 1 aliphatic heterocycles. The minimum atomic E-state index is -0.325. The van der Waals surface area contributed by atoms with Crippen LogP contribution in [0.2, 0.25) is 0 Å². The van der Waals surface area contributed by atoms with Crippen molar-refractivity contribution in [2.75, 3.05) is 13.2 Å². The van der Waals surface area contributed by atoms with Crippen LogP contribution in [0, 0.1) is 11.3 Å². The Balaban J connectivity index is 1.82. The molecule has 0 bridgehead atoms.